The zero-order valence-corrected chi connectivity index (χ0v) is 14.8. The zero-order chi connectivity index (χ0) is 14.1. The SMILES string of the molecule is CCCCCCCCCC(O)c1ccc(Br)cc1Br. The Bertz CT molecular complexity index is 366. The van der Waals surface area contributed by atoms with Crippen LogP contribution in [0.4, 0.5) is 0 Å². The Morgan fingerprint density at radius 1 is 1.00 bits per heavy atom. The number of hydrogen-bond acceptors (Lipinski definition) is 1. The van der Waals surface area contributed by atoms with Gasteiger partial charge in [-0.2, -0.15) is 0 Å². The predicted octanol–water partition coefficient (Wildman–Crippen LogP) is 6.39. The molecule has 1 rings (SSSR count). The van der Waals surface area contributed by atoms with Crippen molar-refractivity contribution >= 4 is 31.9 Å². The number of halogens is 2. The van der Waals surface area contributed by atoms with Gasteiger partial charge in [0.15, 0.2) is 0 Å². The first-order valence-corrected chi connectivity index (χ1v) is 8.86. The monoisotopic (exact) mass is 390 g/mol. The van der Waals surface area contributed by atoms with E-state index in [-0.39, 0.29) is 6.10 Å². The van der Waals surface area contributed by atoms with Gasteiger partial charge >= 0.3 is 0 Å². The minimum atomic E-state index is -0.349. The molecule has 0 spiro atoms. The summed E-state index contributed by atoms with van der Waals surface area (Å²) in [6.45, 7) is 2.24. The van der Waals surface area contributed by atoms with E-state index in [1.165, 1.54) is 38.5 Å². The zero-order valence-electron chi connectivity index (χ0n) is 11.7. The van der Waals surface area contributed by atoms with E-state index in [9.17, 15) is 5.11 Å². The minimum absolute atomic E-state index is 0.349. The van der Waals surface area contributed by atoms with Gasteiger partial charge in [0.2, 0.25) is 0 Å². The maximum Gasteiger partial charge on any atom is 0.0801 e. The molecule has 1 aromatic carbocycles. The van der Waals surface area contributed by atoms with E-state index in [0.29, 0.717) is 0 Å². The lowest BCUT2D eigenvalue weighted by atomic mass is 10.0. The van der Waals surface area contributed by atoms with E-state index in [1.54, 1.807) is 0 Å². The fourth-order valence-corrected chi connectivity index (χ4v) is 3.53. The Kier molecular flexibility index (Phi) is 9.01. The average Bonchev–Trinajstić information content (AvgIpc) is 2.37. The van der Waals surface area contributed by atoms with Gasteiger partial charge in [0.25, 0.3) is 0 Å². The molecular formula is C16H24Br2O. The smallest absolute Gasteiger partial charge is 0.0801 e. The van der Waals surface area contributed by atoms with Crippen LogP contribution >= 0.6 is 31.9 Å². The van der Waals surface area contributed by atoms with Gasteiger partial charge in [0.05, 0.1) is 6.10 Å². The van der Waals surface area contributed by atoms with Crippen LogP contribution in [0.5, 0.6) is 0 Å². The summed E-state index contributed by atoms with van der Waals surface area (Å²) in [4.78, 5) is 0. The second-order valence-corrected chi connectivity index (χ2v) is 6.86. The Morgan fingerprint density at radius 3 is 2.26 bits per heavy atom. The van der Waals surface area contributed by atoms with Crippen molar-refractivity contribution in [1.82, 2.24) is 0 Å². The number of rotatable bonds is 9. The van der Waals surface area contributed by atoms with Crippen LogP contribution in [-0.4, -0.2) is 5.11 Å². The molecule has 3 heteroatoms. The van der Waals surface area contributed by atoms with Crippen molar-refractivity contribution in [1.29, 1.82) is 0 Å². The first kappa shape index (κ1) is 17.2. The molecule has 1 unspecified atom stereocenters. The van der Waals surface area contributed by atoms with Crippen molar-refractivity contribution in [3.63, 3.8) is 0 Å². The van der Waals surface area contributed by atoms with E-state index in [1.807, 2.05) is 18.2 Å². The summed E-state index contributed by atoms with van der Waals surface area (Å²) in [6.07, 6.45) is 9.50. The lowest BCUT2D eigenvalue weighted by molar-refractivity contribution is 0.162. The summed E-state index contributed by atoms with van der Waals surface area (Å²) < 4.78 is 2.02. The van der Waals surface area contributed by atoms with Gasteiger partial charge in [-0.05, 0) is 24.1 Å². The molecule has 19 heavy (non-hydrogen) atoms. The minimum Gasteiger partial charge on any atom is -0.388 e. The second kappa shape index (κ2) is 9.95. The molecule has 0 amide bonds. The van der Waals surface area contributed by atoms with Crippen LogP contribution < -0.4 is 0 Å². The Morgan fingerprint density at radius 2 is 1.63 bits per heavy atom. The molecule has 0 saturated heterocycles. The first-order valence-electron chi connectivity index (χ1n) is 7.28. The Labute approximate surface area is 134 Å². The summed E-state index contributed by atoms with van der Waals surface area (Å²) in [5.41, 5.74) is 0.995. The van der Waals surface area contributed by atoms with Gasteiger partial charge in [-0.1, -0.05) is 89.8 Å². The van der Waals surface area contributed by atoms with E-state index in [2.05, 4.69) is 38.8 Å². The number of aliphatic hydroxyl groups is 1. The van der Waals surface area contributed by atoms with Gasteiger partial charge in [-0.25, -0.2) is 0 Å². The highest BCUT2D eigenvalue weighted by molar-refractivity contribution is 9.11. The average molecular weight is 392 g/mol. The van der Waals surface area contributed by atoms with Crippen LogP contribution in [0, 0.1) is 0 Å². The molecule has 1 N–H and O–H groups in total. The highest BCUT2D eigenvalue weighted by Gasteiger charge is 2.10. The van der Waals surface area contributed by atoms with Crippen molar-refractivity contribution in [2.45, 2.75) is 64.4 Å². The van der Waals surface area contributed by atoms with Crippen LogP contribution in [0.15, 0.2) is 27.1 Å². The molecule has 0 aliphatic rings. The third-order valence-electron chi connectivity index (χ3n) is 3.40. The standard InChI is InChI=1S/C16H24Br2O/c1-2-3-4-5-6-7-8-9-16(19)14-11-10-13(17)12-15(14)18/h10-12,16,19H,2-9H2,1H3. The van der Waals surface area contributed by atoms with Gasteiger partial charge in [0, 0.05) is 8.95 Å². The molecule has 1 atom stereocenters. The van der Waals surface area contributed by atoms with Gasteiger partial charge in [0.1, 0.15) is 0 Å². The van der Waals surface area contributed by atoms with Crippen molar-refractivity contribution in [3.8, 4) is 0 Å². The predicted molar refractivity (Wildman–Crippen MR) is 89.4 cm³/mol. The Hall–Kier alpha value is 0.140. The maximum atomic E-state index is 10.2. The summed E-state index contributed by atoms with van der Waals surface area (Å²) in [6, 6.07) is 5.96. The van der Waals surface area contributed by atoms with Crippen molar-refractivity contribution in [2.24, 2.45) is 0 Å². The number of hydrogen-bond donors (Lipinski definition) is 1. The third-order valence-corrected chi connectivity index (χ3v) is 4.58. The number of benzene rings is 1. The molecule has 1 nitrogen and oxygen atoms in total. The quantitative estimate of drug-likeness (QED) is 0.483. The highest BCUT2D eigenvalue weighted by atomic mass is 79.9. The van der Waals surface area contributed by atoms with Crippen molar-refractivity contribution in [3.05, 3.63) is 32.7 Å². The normalized spacial score (nSPS) is 12.6. The van der Waals surface area contributed by atoms with Crippen LogP contribution in [0.3, 0.4) is 0 Å². The molecule has 0 heterocycles. The lowest BCUT2D eigenvalue weighted by Gasteiger charge is -2.13. The molecule has 0 aliphatic heterocycles. The van der Waals surface area contributed by atoms with Crippen LogP contribution in [0.1, 0.15) is 70.0 Å². The van der Waals surface area contributed by atoms with Gasteiger partial charge < -0.3 is 5.11 Å². The largest absolute Gasteiger partial charge is 0.388 e. The third kappa shape index (κ3) is 6.92. The Balaban J connectivity index is 2.22. The van der Waals surface area contributed by atoms with Crippen LogP contribution in [0.25, 0.3) is 0 Å². The van der Waals surface area contributed by atoms with Gasteiger partial charge in [-0.15, -0.1) is 0 Å². The van der Waals surface area contributed by atoms with Crippen molar-refractivity contribution < 1.29 is 5.11 Å². The molecule has 108 valence electrons. The van der Waals surface area contributed by atoms with E-state index in [4.69, 9.17) is 0 Å². The second-order valence-electron chi connectivity index (χ2n) is 5.09. The van der Waals surface area contributed by atoms with Crippen LogP contribution in [0.2, 0.25) is 0 Å². The molecule has 0 radical (unpaired) electrons. The lowest BCUT2D eigenvalue weighted by Crippen LogP contribution is -1.98. The molecule has 0 aromatic heterocycles. The topological polar surface area (TPSA) is 20.2 Å². The summed E-state index contributed by atoms with van der Waals surface area (Å²) >= 11 is 6.94. The molecular weight excluding hydrogens is 368 g/mol. The molecule has 0 saturated carbocycles. The molecule has 0 aliphatic carbocycles. The fourth-order valence-electron chi connectivity index (χ4n) is 2.22. The summed E-state index contributed by atoms with van der Waals surface area (Å²) in [5, 5.41) is 10.2. The summed E-state index contributed by atoms with van der Waals surface area (Å²) in [5.74, 6) is 0. The van der Waals surface area contributed by atoms with E-state index in [0.717, 1.165) is 27.4 Å². The first-order chi connectivity index (χ1) is 9.15. The van der Waals surface area contributed by atoms with Gasteiger partial charge in [-0.3, -0.25) is 0 Å². The van der Waals surface area contributed by atoms with Crippen molar-refractivity contribution in [2.75, 3.05) is 0 Å². The summed E-state index contributed by atoms with van der Waals surface area (Å²) in [7, 11) is 0. The number of aliphatic hydroxyl groups excluding tert-OH is 1. The van der Waals surface area contributed by atoms with E-state index >= 15 is 0 Å². The fraction of sp³-hybridized carbons (Fsp3) is 0.625. The van der Waals surface area contributed by atoms with E-state index < -0.39 is 0 Å². The maximum absolute atomic E-state index is 10.2. The molecule has 1 aromatic rings. The molecule has 0 fully saturated rings. The van der Waals surface area contributed by atoms with Crippen LogP contribution in [-0.2, 0) is 0 Å². The highest BCUT2D eigenvalue weighted by Crippen LogP contribution is 2.29. The number of unbranched alkanes of at least 4 members (excludes halogenated alkanes) is 6. The molecule has 0 bridgehead atoms.